The van der Waals surface area contributed by atoms with Crippen LogP contribution in [-0.2, 0) is 16.0 Å². The van der Waals surface area contributed by atoms with Gasteiger partial charge in [0.05, 0.1) is 6.04 Å². The Balaban J connectivity index is 1.93. The Kier molecular flexibility index (Phi) is 8.50. The fourth-order valence-electron chi connectivity index (χ4n) is 2.75. The number of aliphatic hydroxyl groups is 2. The predicted molar refractivity (Wildman–Crippen MR) is 111 cm³/mol. The van der Waals surface area contributed by atoms with Crippen LogP contribution in [0, 0.1) is 11.3 Å². The largest absolute Gasteiger partial charge is 0.481 e. The number of benzene rings is 1. The molecule has 2 aromatic rings. The summed E-state index contributed by atoms with van der Waals surface area (Å²) in [5.74, 6) is -2.68. The number of esters is 1. The highest BCUT2D eigenvalue weighted by Gasteiger charge is 2.24. The number of nitrogen functional groups attached to an aromatic ring is 1. The number of carbonyl (C=O) groups excluding carboxylic acids is 2. The van der Waals surface area contributed by atoms with Crippen LogP contribution in [0.15, 0.2) is 40.8 Å². The van der Waals surface area contributed by atoms with Crippen LogP contribution in [0.5, 0.6) is 5.75 Å². The fraction of sp³-hybridized carbons (Fsp3) is 0.333. The number of rotatable bonds is 11. The van der Waals surface area contributed by atoms with E-state index < -0.39 is 36.1 Å². The Morgan fingerprint density at radius 3 is 2.38 bits per heavy atom. The van der Waals surface area contributed by atoms with Gasteiger partial charge in [-0.2, -0.15) is 0 Å². The van der Waals surface area contributed by atoms with Gasteiger partial charge in [-0.25, -0.2) is 4.79 Å². The van der Waals surface area contributed by atoms with Crippen LogP contribution in [0.2, 0.25) is 0 Å². The summed E-state index contributed by atoms with van der Waals surface area (Å²) >= 11 is 0. The van der Waals surface area contributed by atoms with Gasteiger partial charge >= 0.3 is 11.9 Å². The van der Waals surface area contributed by atoms with Crippen LogP contribution in [0.4, 0.5) is 0 Å². The summed E-state index contributed by atoms with van der Waals surface area (Å²) in [6.45, 7) is 1.57. The average molecular weight is 447 g/mol. The molecule has 172 valence electrons. The molecular formula is C21H25N3O8. The molecule has 32 heavy (non-hydrogen) atoms. The van der Waals surface area contributed by atoms with E-state index in [4.69, 9.17) is 25.4 Å². The van der Waals surface area contributed by atoms with Crippen molar-refractivity contribution < 1.29 is 38.9 Å². The van der Waals surface area contributed by atoms with Crippen LogP contribution in [0.3, 0.4) is 0 Å². The molecule has 0 aliphatic carbocycles. The predicted octanol–water partition coefficient (Wildman–Crippen LogP) is 0.622. The fourth-order valence-corrected chi connectivity index (χ4v) is 2.75. The van der Waals surface area contributed by atoms with Crippen molar-refractivity contribution in [2.45, 2.75) is 38.5 Å². The van der Waals surface area contributed by atoms with Crippen LogP contribution >= 0.6 is 0 Å². The lowest BCUT2D eigenvalue weighted by Gasteiger charge is -2.21. The number of carboxylic acids is 1. The Hall–Kier alpha value is -3.70. The second kappa shape index (κ2) is 11.1. The number of hydrogen-bond acceptors (Lipinski definition) is 8. The van der Waals surface area contributed by atoms with Crippen molar-refractivity contribution in [2.24, 2.45) is 11.7 Å². The molecule has 2 rings (SSSR count). The highest BCUT2D eigenvalue weighted by molar-refractivity contribution is 5.95. The molecule has 11 nitrogen and oxygen atoms in total. The maximum Gasteiger partial charge on any atom is 0.379 e. The summed E-state index contributed by atoms with van der Waals surface area (Å²) in [5, 5.41) is 37.1. The minimum Gasteiger partial charge on any atom is -0.481 e. The van der Waals surface area contributed by atoms with Gasteiger partial charge in [-0.1, -0.05) is 6.92 Å². The van der Waals surface area contributed by atoms with Gasteiger partial charge < -0.3 is 35.5 Å². The third kappa shape index (κ3) is 7.22. The molecule has 2 atom stereocenters. The zero-order valence-corrected chi connectivity index (χ0v) is 17.3. The summed E-state index contributed by atoms with van der Waals surface area (Å²) in [4.78, 5) is 35.2. The van der Waals surface area contributed by atoms with Crippen molar-refractivity contribution in [2.75, 3.05) is 0 Å². The third-order valence-corrected chi connectivity index (χ3v) is 4.55. The minimum absolute atomic E-state index is 0.0756. The molecule has 7 N–H and O–H groups in total. The van der Waals surface area contributed by atoms with Crippen molar-refractivity contribution in [3.8, 4) is 5.75 Å². The summed E-state index contributed by atoms with van der Waals surface area (Å²) in [7, 11) is 0. The normalized spacial score (nSPS) is 12.8. The molecule has 1 amide bonds. The van der Waals surface area contributed by atoms with Gasteiger partial charge in [-0.15, -0.1) is 0 Å². The molecule has 0 fully saturated rings. The molecule has 1 unspecified atom stereocenters. The first-order chi connectivity index (χ1) is 15.1. The lowest BCUT2D eigenvalue weighted by atomic mass is 10.0. The third-order valence-electron chi connectivity index (χ3n) is 4.55. The van der Waals surface area contributed by atoms with E-state index in [1.54, 1.807) is 6.92 Å². The second-order valence-corrected chi connectivity index (χ2v) is 7.16. The number of carboxylic acid groups (broad SMARTS) is 1. The van der Waals surface area contributed by atoms with Gasteiger partial charge in [-0.05, 0) is 42.8 Å². The molecule has 0 saturated carbocycles. The molecule has 11 heteroatoms. The lowest BCUT2D eigenvalue weighted by molar-refractivity contribution is -0.139. The molecule has 0 aliphatic heterocycles. The lowest BCUT2D eigenvalue weighted by Crippen LogP contribution is -2.45. The van der Waals surface area contributed by atoms with Crippen LogP contribution in [-0.4, -0.2) is 51.3 Å². The van der Waals surface area contributed by atoms with Gasteiger partial charge in [0.1, 0.15) is 17.3 Å². The van der Waals surface area contributed by atoms with Gasteiger partial charge in [0.2, 0.25) is 11.7 Å². The maximum atomic E-state index is 12.3. The molecule has 1 aromatic carbocycles. The number of ether oxygens (including phenoxy) is 1. The summed E-state index contributed by atoms with van der Waals surface area (Å²) in [6, 6.07) is 7.83. The van der Waals surface area contributed by atoms with Gasteiger partial charge in [0.15, 0.2) is 6.29 Å². The number of amidine groups is 1. The molecular weight excluding hydrogens is 422 g/mol. The number of aliphatic carboxylic acids is 1. The monoisotopic (exact) mass is 447 g/mol. The number of amides is 1. The van der Waals surface area contributed by atoms with Gasteiger partial charge in [0.25, 0.3) is 0 Å². The number of carbonyl (C=O) groups is 3. The zero-order chi connectivity index (χ0) is 23.8. The van der Waals surface area contributed by atoms with E-state index in [0.29, 0.717) is 11.3 Å². The summed E-state index contributed by atoms with van der Waals surface area (Å²) < 4.78 is 10.6. The van der Waals surface area contributed by atoms with Crippen molar-refractivity contribution in [3.05, 3.63) is 53.5 Å². The number of nitrogens with two attached hydrogens (primary N) is 1. The topological polar surface area (TPSA) is 196 Å². The van der Waals surface area contributed by atoms with E-state index in [1.807, 2.05) is 0 Å². The second-order valence-electron chi connectivity index (χ2n) is 7.16. The average Bonchev–Trinajstić information content (AvgIpc) is 3.19. The van der Waals surface area contributed by atoms with E-state index in [1.165, 1.54) is 36.4 Å². The minimum atomic E-state index is -1.90. The van der Waals surface area contributed by atoms with Crippen molar-refractivity contribution >= 4 is 23.7 Å². The van der Waals surface area contributed by atoms with Gasteiger partial charge in [0, 0.05) is 24.3 Å². The standard InChI is InChI=1S/C21H25N3O8/c1-11(19(27)24-15(20(28)29)7-9-17(25)26)10-14-6-8-16(31-14)21(30)32-13-4-2-12(3-5-13)18(22)23/h2-6,8,11,15,20,28-29H,7,9-10H2,1H3,(H3,22,23)(H,24,27)(H,25,26)/t11?,15-/m0/s1. The SMILES string of the molecule is CC(Cc1ccc(C(=O)Oc2ccc(C(=N)N)cc2)o1)C(=O)N[C@@H](CCC(=O)O)C(O)O. The van der Waals surface area contributed by atoms with E-state index in [9.17, 15) is 24.6 Å². The first-order valence-electron chi connectivity index (χ1n) is 9.70. The Morgan fingerprint density at radius 1 is 1.16 bits per heavy atom. The molecule has 0 bridgehead atoms. The maximum absolute atomic E-state index is 12.3. The molecule has 1 aromatic heterocycles. The van der Waals surface area contributed by atoms with Crippen LogP contribution in [0.1, 0.15) is 41.6 Å². The number of aliphatic hydroxyl groups excluding tert-OH is 1. The number of hydrogen-bond donors (Lipinski definition) is 6. The van der Waals surface area contributed by atoms with E-state index in [2.05, 4.69) is 5.32 Å². The Morgan fingerprint density at radius 2 is 1.81 bits per heavy atom. The van der Waals surface area contributed by atoms with Gasteiger partial charge in [-0.3, -0.25) is 15.0 Å². The Labute approximate surface area is 183 Å². The number of furan rings is 1. The zero-order valence-electron chi connectivity index (χ0n) is 17.3. The molecule has 1 heterocycles. The first-order valence-corrected chi connectivity index (χ1v) is 9.70. The number of nitrogens with one attached hydrogen (secondary N) is 2. The highest BCUT2D eigenvalue weighted by atomic mass is 16.5. The molecule has 0 radical (unpaired) electrons. The van der Waals surface area contributed by atoms with E-state index in [0.717, 1.165) is 0 Å². The van der Waals surface area contributed by atoms with Crippen molar-refractivity contribution in [3.63, 3.8) is 0 Å². The molecule has 0 aliphatic rings. The van der Waals surface area contributed by atoms with Crippen molar-refractivity contribution in [1.29, 1.82) is 5.41 Å². The smallest absolute Gasteiger partial charge is 0.379 e. The quantitative estimate of drug-likeness (QED) is 0.0940. The van der Waals surface area contributed by atoms with Crippen LogP contribution < -0.4 is 15.8 Å². The molecule has 0 saturated heterocycles. The van der Waals surface area contributed by atoms with Crippen LogP contribution in [0.25, 0.3) is 0 Å². The first kappa shape index (κ1) is 24.6. The van der Waals surface area contributed by atoms with Crippen molar-refractivity contribution in [1.82, 2.24) is 5.32 Å². The van der Waals surface area contributed by atoms with E-state index >= 15 is 0 Å². The summed E-state index contributed by atoms with van der Waals surface area (Å²) in [6.07, 6.45) is -2.27. The Bertz CT molecular complexity index is 968. The molecule has 0 spiro atoms. The highest BCUT2D eigenvalue weighted by Crippen LogP contribution is 2.18. The summed E-state index contributed by atoms with van der Waals surface area (Å²) in [5.41, 5.74) is 5.85. The van der Waals surface area contributed by atoms with E-state index in [-0.39, 0.29) is 36.6 Å².